The lowest BCUT2D eigenvalue weighted by Crippen LogP contribution is -2.31. The summed E-state index contributed by atoms with van der Waals surface area (Å²) >= 11 is 1.32. The summed E-state index contributed by atoms with van der Waals surface area (Å²) in [6, 6.07) is 0.494. The Morgan fingerprint density at radius 2 is 1.81 bits per heavy atom. The van der Waals surface area contributed by atoms with Gasteiger partial charge in [0.05, 0.1) is 5.69 Å². The fourth-order valence-electron chi connectivity index (χ4n) is 2.91. The standard InChI is InChI=1S/C16H26N2O2S/c1-16(2,3)13-12(14(19)20)21-15(17-13)18(4)11-9-7-5-6-8-10-11/h11H,5-10H2,1-4H3,(H,19,20). The van der Waals surface area contributed by atoms with Crippen molar-refractivity contribution in [2.45, 2.75) is 70.8 Å². The number of hydrogen-bond donors (Lipinski definition) is 1. The van der Waals surface area contributed by atoms with E-state index in [1.165, 1.54) is 49.9 Å². The first-order chi connectivity index (χ1) is 9.80. The third-order valence-electron chi connectivity index (χ3n) is 4.19. The summed E-state index contributed by atoms with van der Waals surface area (Å²) in [5, 5.41) is 10.3. The zero-order valence-electron chi connectivity index (χ0n) is 13.5. The molecule has 0 atom stereocenters. The summed E-state index contributed by atoms with van der Waals surface area (Å²) < 4.78 is 0. The van der Waals surface area contributed by atoms with Crippen LogP contribution in [0.2, 0.25) is 0 Å². The summed E-state index contributed by atoms with van der Waals surface area (Å²) in [4.78, 5) is 18.8. The van der Waals surface area contributed by atoms with Crippen molar-refractivity contribution in [1.29, 1.82) is 0 Å². The van der Waals surface area contributed by atoms with E-state index < -0.39 is 5.97 Å². The Hall–Kier alpha value is -1.10. The van der Waals surface area contributed by atoms with E-state index in [9.17, 15) is 9.90 Å². The van der Waals surface area contributed by atoms with Crippen LogP contribution in [-0.4, -0.2) is 29.1 Å². The van der Waals surface area contributed by atoms with Crippen molar-refractivity contribution in [3.8, 4) is 0 Å². The largest absolute Gasteiger partial charge is 0.477 e. The van der Waals surface area contributed by atoms with Gasteiger partial charge in [0.2, 0.25) is 0 Å². The average Bonchev–Trinajstić information content (AvgIpc) is 2.68. The molecular formula is C16H26N2O2S. The molecule has 21 heavy (non-hydrogen) atoms. The number of carbonyl (C=O) groups is 1. The van der Waals surface area contributed by atoms with Crippen LogP contribution in [0.25, 0.3) is 0 Å². The van der Waals surface area contributed by atoms with Gasteiger partial charge >= 0.3 is 5.97 Å². The number of carboxylic acids is 1. The van der Waals surface area contributed by atoms with Crippen LogP contribution in [0, 0.1) is 0 Å². The Morgan fingerprint density at radius 1 is 1.24 bits per heavy atom. The Labute approximate surface area is 131 Å². The maximum absolute atomic E-state index is 11.5. The van der Waals surface area contributed by atoms with E-state index in [-0.39, 0.29) is 5.41 Å². The predicted molar refractivity (Wildman–Crippen MR) is 87.7 cm³/mol. The number of aromatic carboxylic acids is 1. The molecule has 1 N–H and O–H groups in total. The second-order valence-corrected chi connectivity index (χ2v) is 7.96. The third-order valence-corrected chi connectivity index (χ3v) is 5.33. The monoisotopic (exact) mass is 310 g/mol. The first-order valence-electron chi connectivity index (χ1n) is 7.78. The number of thiazole rings is 1. The Kier molecular flexibility index (Phi) is 4.91. The lowest BCUT2D eigenvalue weighted by atomic mass is 9.91. The zero-order valence-corrected chi connectivity index (χ0v) is 14.3. The topological polar surface area (TPSA) is 53.4 Å². The van der Waals surface area contributed by atoms with E-state index in [0.717, 1.165) is 5.13 Å². The highest BCUT2D eigenvalue weighted by Crippen LogP contribution is 2.35. The average molecular weight is 310 g/mol. The molecule has 118 valence electrons. The molecule has 0 spiro atoms. The van der Waals surface area contributed by atoms with Gasteiger partial charge in [-0.25, -0.2) is 9.78 Å². The van der Waals surface area contributed by atoms with Crippen LogP contribution >= 0.6 is 11.3 Å². The number of nitrogens with zero attached hydrogens (tertiary/aromatic N) is 2. The van der Waals surface area contributed by atoms with E-state index in [0.29, 0.717) is 16.6 Å². The van der Waals surface area contributed by atoms with E-state index in [2.05, 4.69) is 16.9 Å². The van der Waals surface area contributed by atoms with Gasteiger partial charge < -0.3 is 10.0 Å². The summed E-state index contributed by atoms with van der Waals surface area (Å²) in [6.45, 7) is 6.05. The van der Waals surface area contributed by atoms with Crippen LogP contribution < -0.4 is 4.90 Å². The van der Waals surface area contributed by atoms with Gasteiger partial charge in [-0.1, -0.05) is 57.8 Å². The van der Waals surface area contributed by atoms with E-state index in [4.69, 9.17) is 0 Å². The minimum Gasteiger partial charge on any atom is -0.477 e. The molecule has 0 aliphatic heterocycles. The molecule has 1 aliphatic carbocycles. The predicted octanol–water partition coefficient (Wildman–Crippen LogP) is 4.30. The molecule has 1 fully saturated rings. The zero-order chi connectivity index (χ0) is 15.6. The molecule has 0 saturated heterocycles. The van der Waals surface area contributed by atoms with E-state index >= 15 is 0 Å². The van der Waals surface area contributed by atoms with Crippen molar-refractivity contribution < 1.29 is 9.90 Å². The molecule has 2 rings (SSSR count). The molecule has 1 heterocycles. The van der Waals surface area contributed by atoms with Gasteiger partial charge in [-0.15, -0.1) is 0 Å². The van der Waals surface area contributed by atoms with Gasteiger partial charge in [-0.2, -0.15) is 0 Å². The molecule has 0 amide bonds. The minimum absolute atomic E-state index is 0.243. The molecule has 0 aromatic carbocycles. The summed E-state index contributed by atoms with van der Waals surface area (Å²) in [5.74, 6) is -0.863. The third kappa shape index (κ3) is 3.76. The van der Waals surface area contributed by atoms with Gasteiger partial charge in [0.25, 0.3) is 0 Å². The van der Waals surface area contributed by atoms with Crippen LogP contribution in [0.4, 0.5) is 5.13 Å². The van der Waals surface area contributed by atoms with Gasteiger partial charge in [0.1, 0.15) is 4.88 Å². The van der Waals surface area contributed by atoms with Crippen LogP contribution in [-0.2, 0) is 5.41 Å². The van der Waals surface area contributed by atoms with Gasteiger partial charge in [0, 0.05) is 18.5 Å². The highest BCUT2D eigenvalue weighted by molar-refractivity contribution is 7.17. The Bertz CT molecular complexity index is 497. The summed E-state index contributed by atoms with van der Waals surface area (Å²) in [5.41, 5.74) is 0.461. The second kappa shape index (κ2) is 6.34. The quantitative estimate of drug-likeness (QED) is 0.846. The van der Waals surface area contributed by atoms with Crippen LogP contribution in [0.3, 0.4) is 0 Å². The maximum Gasteiger partial charge on any atom is 0.347 e. The van der Waals surface area contributed by atoms with Crippen molar-refractivity contribution in [2.75, 3.05) is 11.9 Å². The van der Waals surface area contributed by atoms with Crippen molar-refractivity contribution in [3.63, 3.8) is 0 Å². The van der Waals surface area contributed by atoms with Gasteiger partial charge in [-0.3, -0.25) is 0 Å². The number of anilines is 1. The molecule has 1 aliphatic rings. The Balaban J connectivity index is 2.28. The molecule has 1 aromatic rings. The van der Waals surface area contributed by atoms with Gasteiger partial charge in [-0.05, 0) is 12.8 Å². The van der Waals surface area contributed by atoms with Crippen molar-refractivity contribution in [3.05, 3.63) is 10.6 Å². The number of rotatable bonds is 3. The molecule has 4 nitrogen and oxygen atoms in total. The fourth-order valence-corrected chi connectivity index (χ4v) is 4.06. The van der Waals surface area contributed by atoms with Crippen LogP contribution in [0.1, 0.15) is 74.7 Å². The summed E-state index contributed by atoms with van der Waals surface area (Å²) in [7, 11) is 2.06. The Morgan fingerprint density at radius 3 is 2.24 bits per heavy atom. The van der Waals surface area contributed by atoms with Crippen molar-refractivity contribution in [1.82, 2.24) is 4.98 Å². The molecule has 5 heteroatoms. The van der Waals surface area contributed by atoms with E-state index in [1.807, 2.05) is 20.8 Å². The fraction of sp³-hybridized carbons (Fsp3) is 0.750. The lowest BCUT2D eigenvalue weighted by Gasteiger charge is -2.26. The first kappa shape index (κ1) is 16.3. The molecule has 0 unspecified atom stereocenters. The number of carboxylic acid groups (broad SMARTS) is 1. The molecule has 1 aromatic heterocycles. The molecule has 0 radical (unpaired) electrons. The molecule has 0 bridgehead atoms. The molecular weight excluding hydrogens is 284 g/mol. The number of aromatic nitrogens is 1. The minimum atomic E-state index is -0.863. The van der Waals surface area contributed by atoms with E-state index in [1.54, 1.807) is 0 Å². The normalized spacial score (nSPS) is 17.5. The van der Waals surface area contributed by atoms with Crippen molar-refractivity contribution >= 4 is 22.4 Å². The van der Waals surface area contributed by atoms with Crippen LogP contribution in [0.15, 0.2) is 0 Å². The summed E-state index contributed by atoms with van der Waals surface area (Å²) in [6.07, 6.45) is 7.52. The SMILES string of the molecule is CN(c1nc(C(C)(C)C)c(C(=O)O)s1)C1CCCCCC1. The van der Waals surface area contributed by atoms with Crippen LogP contribution in [0.5, 0.6) is 0 Å². The molecule has 1 saturated carbocycles. The van der Waals surface area contributed by atoms with Crippen molar-refractivity contribution in [2.24, 2.45) is 0 Å². The lowest BCUT2D eigenvalue weighted by molar-refractivity contribution is 0.0699. The smallest absolute Gasteiger partial charge is 0.347 e. The first-order valence-corrected chi connectivity index (χ1v) is 8.60. The maximum atomic E-state index is 11.5. The highest BCUT2D eigenvalue weighted by atomic mass is 32.1. The highest BCUT2D eigenvalue weighted by Gasteiger charge is 2.29. The second-order valence-electron chi connectivity index (χ2n) is 6.99. The van der Waals surface area contributed by atoms with Gasteiger partial charge in [0.15, 0.2) is 5.13 Å². The number of hydrogen-bond acceptors (Lipinski definition) is 4.